The minimum Gasteiger partial charge on any atom is -0.465 e. The highest BCUT2D eigenvalue weighted by Crippen LogP contribution is 2.26. The Bertz CT molecular complexity index is 445. The van der Waals surface area contributed by atoms with Gasteiger partial charge in [-0.3, -0.25) is 0 Å². The third-order valence-corrected chi connectivity index (χ3v) is 3.46. The molecule has 98 valence electrons. The summed E-state index contributed by atoms with van der Waals surface area (Å²) in [5, 5.41) is 19.7. The van der Waals surface area contributed by atoms with Crippen LogP contribution >= 0.6 is 11.6 Å². The molecule has 0 aromatic carbocycles. The molecule has 1 saturated heterocycles. The molecule has 0 bridgehead atoms. The number of amides is 1. The quantitative estimate of drug-likeness (QED) is 0.804. The lowest BCUT2D eigenvalue weighted by Gasteiger charge is -2.36. The Morgan fingerprint density at radius 3 is 2.67 bits per heavy atom. The van der Waals surface area contributed by atoms with Gasteiger partial charge in [0, 0.05) is 25.2 Å². The second kappa shape index (κ2) is 5.12. The molecular formula is C12H15ClN2O3. The lowest BCUT2D eigenvalue weighted by Crippen LogP contribution is -2.47. The average molecular weight is 271 g/mol. The number of hydrogen-bond donors (Lipinski definition) is 2. The van der Waals surface area contributed by atoms with E-state index in [0.717, 1.165) is 5.69 Å². The maximum absolute atomic E-state index is 10.8. The van der Waals surface area contributed by atoms with Crippen LogP contribution in [0.25, 0.3) is 0 Å². The standard InChI is InChI=1S/C12H15ClN2O3/c13-10-3-1-2-9(14-10)8-12(18)4-6-15(7-5-12)11(16)17/h1-3,18H,4-8H2,(H,16,17). The minimum atomic E-state index is -0.932. The number of halogens is 1. The number of aromatic nitrogens is 1. The average Bonchev–Trinajstić information content (AvgIpc) is 2.29. The van der Waals surface area contributed by atoms with E-state index in [0.29, 0.717) is 37.5 Å². The van der Waals surface area contributed by atoms with Crippen LogP contribution in [0.5, 0.6) is 0 Å². The van der Waals surface area contributed by atoms with Crippen LogP contribution in [0.3, 0.4) is 0 Å². The van der Waals surface area contributed by atoms with Gasteiger partial charge >= 0.3 is 6.09 Å². The van der Waals surface area contributed by atoms with E-state index in [2.05, 4.69) is 4.98 Å². The van der Waals surface area contributed by atoms with Gasteiger partial charge in [0.2, 0.25) is 0 Å². The fraction of sp³-hybridized carbons (Fsp3) is 0.500. The summed E-state index contributed by atoms with van der Waals surface area (Å²) in [5.41, 5.74) is -0.155. The Balaban J connectivity index is 1.99. The third-order valence-electron chi connectivity index (χ3n) is 3.25. The van der Waals surface area contributed by atoms with Crippen LogP contribution in [0.15, 0.2) is 18.2 Å². The summed E-state index contributed by atoms with van der Waals surface area (Å²) in [7, 11) is 0. The highest BCUT2D eigenvalue weighted by molar-refractivity contribution is 6.29. The number of nitrogens with zero attached hydrogens (tertiary/aromatic N) is 2. The predicted molar refractivity (Wildman–Crippen MR) is 66.7 cm³/mol. The maximum Gasteiger partial charge on any atom is 0.407 e. The zero-order chi connectivity index (χ0) is 13.2. The summed E-state index contributed by atoms with van der Waals surface area (Å²) in [6.45, 7) is 0.707. The van der Waals surface area contributed by atoms with E-state index in [9.17, 15) is 9.90 Å². The maximum atomic E-state index is 10.8. The summed E-state index contributed by atoms with van der Waals surface area (Å²) in [6.07, 6.45) is 0.320. The molecule has 1 aliphatic rings. The Labute approximate surface area is 110 Å². The van der Waals surface area contributed by atoms with Crippen LogP contribution in [0.4, 0.5) is 4.79 Å². The van der Waals surface area contributed by atoms with Crippen molar-refractivity contribution in [1.29, 1.82) is 0 Å². The van der Waals surface area contributed by atoms with Gasteiger partial charge in [-0.2, -0.15) is 0 Å². The highest BCUT2D eigenvalue weighted by Gasteiger charge is 2.34. The first-order valence-electron chi connectivity index (χ1n) is 5.80. The van der Waals surface area contributed by atoms with E-state index in [4.69, 9.17) is 16.7 Å². The van der Waals surface area contributed by atoms with Crippen molar-refractivity contribution in [3.8, 4) is 0 Å². The first-order chi connectivity index (χ1) is 8.48. The lowest BCUT2D eigenvalue weighted by atomic mass is 9.87. The van der Waals surface area contributed by atoms with Crippen LogP contribution < -0.4 is 0 Å². The van der Waals surface area contributed by atoms with Crippen molar-refractivity contribution in [1.82, 2.24) is 9.88 Å². The molecule has 0 spiro atoms. The van der Waals surface area contributed by atoms with Gasteiger partial charge in [0.25, 0.3) is 0 Å². The fourth-order valence-electron chi connectivity index (χ4n) is 2.18. The van der Waals surface area contributed by atoms with Gasteiger partial charge in [0.05, 0.1) is 5.60 Å². The molecule has 1 aliphatic heterocycles. The lowest BCUT2D eigenvalue weighted by molar-refractivity contribution is -0.0168. The fourth-order valence-corrected chi connectivity index (χ4v) is 2.36. The molecule has 5 nitrogen and oxygen atoms in total. The Morgan fingerprint density at radius 1 is 1.44 bits per heavy atom. The number of carbonyl (C=O) groups is 1. The summed E-state index contributed by atoms with van der Waals surface area (Å²) < 4.78 is 0. The van der Waals surface area contributed by atoms with Crippen LogP contribution in [0, 0.1) is 0 Å². The van der Waals surface area contributed by atoms with E-state index in [1.54, 1.807) is 12.1 Å². The van der Waals surface area contributed by atoms with Gasteiger partial charge in [-0.15, -0.1) is 0 Å². The molecule has 2 rings (SSSR count). The van der Waals surface area contributed by atoms with Gasteiger partial charge < -0.3 is 15.1 Å². The molecule has 18 heavy (non-hydrogen) atoms. The van der Waals surface area contributed by atoms with Crippen LogP contribution in [0.1, 0.15) is 18.5 Å². The van der Waals surface area contributed by atoms with Gasteiger partial charge in [-0.05, 0) is 25.0 Å². The van der Waals surface area contributed by atoms with Crippen molar-refractivity contribution >= 4 is 17.7 Å². The minimum absolute atomic E-state index is 0.354. The van der Waals surface area contributed by atoms with Gasteiger partial charge in [-0.25, -0.2) is 9.78 Å². The van der Waals surface area contributed by atoms with Crippen LogP contribution in [0.2, 0.25) is 5.15 Å². The number of hydrogen-bond acceptors (Lipinski definition) is 3. The summed E-state index contributed by atoms with van der Waals surface area (Å²) in [6, 6.07) is 5.29. The molecule has 1 fully saturated rings. The zero-order valence-electron chi connectivity index (χ0n) is 9.84. The second-order valence-corrected chi connectivity index (χ2v) is 5.01. The summed E-state index contributed by atoms with van der Waals surface area (Å²) >= 11 is 5.79. The molecule has 6 heteroatoms. The molecule has 0 unspecified atom stereocenters. The number of aliphatic hydroxyl groups is 1. The molecule has 1 amide bonds. The van der Waals surface area contributed by atoms with Crippen molar-refractivity contribution in [3.05, 3.63) is 29.0 Å². The third kappa shape index (κ3) is 3.11. The number of piperidine rings is 1. The monoisotopic (exact) mass is 270 g/mol. The van der Waals surface area contributed by atoms with E-state index < -0.39 is 11.7 Å². The smallest absolute Gasteiger partial charge is 0.407 e. The van der Waals surface area contributed by atoms with Crippen molar-refractivity contribution in [2.75, 3.05) is 13.1 Å². The first-order valence-corrected chi connectivity index (χ1v) is 6.18. The SMILES string of the molecule is O=C(O)N1CCC(O)(Cc2cccc(Cl)n2)CC1. The molecule has 1 aromatic rings. The van der Waals surface area contributed by atoms with E-state index in [1.807, 2.05) is 6.07 Å². The number of carboxylic acid groups (broad SMARTS) is 1. The van der Waals surface area contributed by atoms with Crippen molar-refractivity contribution in [2.45, 2.75) is 24.9 Å². The van der Waals surface area contributed by atoms with E-state index >= 15 is 0 Å². The normalized spacial score (nSPS) is 18.7. The molecular weight excluding hydrogens is 256 g/mol. The van der Waals surface area contributed by atoms with Gasteiger partial charge in [0.15, 0.2) is 0 Å². The molecule has 0 atom stereocenters. The highest BCUT2D eigenvalue weighted by atomic mass is 35.5. The predicted octanol–water partition coefficient (Wildman–Crippen LogP) is 1.78. The molecule has 2 heterocycles. The largest absolute Gasteiger partial charge is 0.465 e. The van der Waals surface area contributed by atoms with E-state index in [-0.39, 0.29) is 0 Å². The van der Waals surface area contributed by atoms with Crippen LogP contribution in [-0.4, -0.2) is 44.9 Å². The van der Waals surface area contributed by atoms with E-state index in [1.165, 1.54) is 4.90 Å². The Morgan fingerprint density at radius 2 is 2.11 bits per heavy atom. The second-order valence-electron chi connectivity index (χ2n) is 4.62. The number of pyridine rings is 1. The zero-order valence-corrected chi connectivity index (χ0v) is 10.6. The number of rotatable bonds is 2. The molecule has 1 aromatic heterocycles. The van der Waals surface area contributed by atoms with Crippen molar-refractivity contribution < 1.29 is 15.0 Å². The van der Waals surface area contributed by atoms with Crippen LogP contribution in [-0.2, 0) is 6.42 Å². The Hall–Kier alpha value is -1.33. The summed E-state index contributed by atoms with van der Waals surface area (Å²) in [4.78, 5) is 16.2. The molecule has 0 saturated carbocycles. The molecule has 0 radical (unpaired) electrons. The Kier molecular flexibility index (Phi) is 3.73. The van der Waals surface area contributed by atoms with Crippen molar-refractivity contribution in [2.24, 2.45) is 0 Å². The topological polar surface area (TPSA) is 73.7 Å². The molecule has 2 N–H and O–H groups in total. The summed E-state index contributed by atoms with van der Waals surface area (Å²) in [5.74, 6) is 0. The first kappa shape index (κ1) is 13.1. The molecule has 0 aliphatic carbocycles. The van der Waals surface area contributed by atoms with Gasteiger partial charge in [-0.1, -0.05) is 17.7 Å². The van der Waals surface area contributed by atoms with Gasteiger partial charge in [0.1, 0.15) is 5.15 Å². The van der Waals surface area contributed by atoms with Crippen molar-refractivity contribution in [3.63, 3.8) is 0 Å². The number of likely N-dealkylation sites (tertiary alicyclic amines) is 1.